The summed E-state index contributed by atoms with van der Waals surface area (Å²) in [5.74, 6) is -0.550. The molecule has 4 aromatic carbocycles. The fourth-order valence-corrected chi connectivity index (χ4v) is 7.66. The van der Waals surface area contributed by atoms with Gasteiger partial charge in [-0.25, -0.2) is 14.8 Å². The first-order valence-electron chi connectivity index (χ1n) is 19.1. The van der Waals surface area contributed by atoms with Crippen LogP contribution < -0.4 is 5.32 Å². The van der Waals surface area contributed by atoms with Crippen LogP contribution in [0.25, 0.3) is 10.9 Å². The van der Waals surface area contributed by atoms with Crippen LogP contribution >= 0.6 is 0 Å². The van der Waals surface area contributed by atoms with Crippen LogP contribution in [0, 0.1) is 6.92 Å². The van der Waals surface area contributed by atoms with Crippen LogP contribution in [0.2, 0.25) is 0 Å². The fourth-order valence-electron chi connectivity index (χ4n) is 7.30. The first-order chi connectivity index (χ1) is 28.3. The van der Waals surface area contributed by atoms with Gasteiger partial charge in [-0.05, 0) is 78.9 Å². The van der Waals surface area contributed by atoms with Gasteiger partial charge in [0.05, 0.1) is 18.6 Å². The number of nitrogens with one attached hydrogen (secondary N) is 2. The smallest absolute Gasteiger partial charge is 0.334 e. The molecule has 0 radical (unpaired) electrons. The monoisotopic (exact) mass is 815 g/mol. The second kappa shape index (κ2) is 18.9. The van der Waals surface area contributed by atoms with Gasteiger partial charge < -0.3 is 29.8 Å². The fraction of sp³-hybridized carbons (Fsp3) is 0.244. The van der Waals surface area contributed by atoms with Crippen molar-refractivity contribution in [2.75, 3.05) is 19.6 Å². The number of fused-ring (bicyclic) bond motifs is 2. The minimum absolute atomic E-state index is 0.0592. The van der Waals surface area contributed by atoms with E-state index < -0.39 is 29.3 Å². The Balaban J connectivity index is 0.000000512. The van der Waals surface area contributed by atoms with Crippen molar-refractivity contribution in [3.8, 4) is 5.75 Å². The Bertz CT molecular complexity index is 2380. The molecular weight excluding hydrogens is 769 g/mol. The molecule has 14 heteroatoms. The van der Waals surface area contributed by atoms with Crippen LogP contribution in [0.3, 0.4) is 0 Å². The number of hydrogen-bond donors (Lipinski definition) is 3. The Labute approximate surface area is 345 Å². The number of aryl methyl sites for hydroxylation is 1. The molecule has 5 aromatic rings. The van der Waals surface area contributed by atoms with Crippen molar-refractivity contribution in [1.29, 1.82) is 0 Å². The van der Waals surface area contributed by atoms with Gasteiger partial charge in [0, 0.05) is 48.1 Å². The number of hydrazine groups is 1. The molecule has 3 heterocycles. The lowest BCUT2D eigenvalue weighted by Gasteiger charge is -2.55. The lowest BCUT2D eigenvalue weighted by molar-refractivity contribution is -0.189. The van der Waals surface area contributed by atoms with Crippen molar-refractivity contribution in [1.82, 2.24) is 30.1 Å². The Morgan fingerprint density at radius 2 is 1.68 bits per heavy atom. The molecular formula is C45H47N6O7S-. The zero-order chi connectivity index (χ0) is 42.2. The van der Waals surface area contributed by atoms with E-state index in [0.717, 1.165) is 38.7 Å². The number of carbonyl (C=O) groups excluding carboxylic acids is 4. The number of carbonyl (C=O) groups is 4. The van der Waals surface area contributed by atoms with Crippen molar-refractivity contribution in [2.24, 2.45) is 0 Å². The Morgan fingerprint density at radius 1 is 0.966 bits per heavy atom. The summed E-state index contributed by atoms with van der Waals surface area (Å²) in [7, 11) is 0. The summed E-state index contributed by atoms with van der Waals surface area (Å²) in [6, 6.07) is 27.1. The number of allylic oxidation sites excluding steroid dienone is 2. The highest BCUT2D eigenvalue weighted by Crippen LogP contribution is 2.31. The first-order valence-corrected chi connectivity index (χ1v) is 20.2. The van der Waals surface area contributed by atoms with E-state index >= 15 is 0 Å². The number of phenolic OH excluding ortho intramolecular Hbond substituents is 1. The molecule has 2 fully saturated rings. The van der Waals surface area contributed by atoms with E-state index in [4.69, 9.17) is 0 Å². The third-order valence-electron chi connectivity index (χ3n) is 10.1. The normalized spacial score (nSPS) is 17.1. The van der Waals surface area contributed by atoms with Crippen LogP contribution in [0.15, 0.2) is 132 Å². The molecule has 0 saturated carbocycles. The van der Waals surface area contributed by atoms with E-state index in [2.05, 4.69) is 16.9 Å². The van der Waals surface area contributed by atoms with Gasteiger partial charge in [0.2, 0.25) is 11.8 Å². The summed E-state index contributed by atoms with van der Waals surface area (Å²) in [6.45, 7) is 10.2. The number of aromatic amines is 1. The molecule has 1 unspecified atom stereocenters. The zero-order valence-corrected chi connectivity index (χ0v) is 34.0. The Morgan fingerprint density at radius 3 is 2.34 bits per heavy atom. The van der Waals surface area contributed by atoms with Gasteiger partial charge in [-0.15, -0.1) is 6.58 Å². The largest absolute Gasteiger partial charge is 0.768 e. The number of rotatable bonds is 11. The van der Waals surface area contributed by atoms with Gasteiger partial charge >= 0.3 is 6.03 Å². The minimum Gasteiger partial charge on any atom is -0.768 e. The number of piperazine rings is 1. The second-order valence-corrected chi connectivity index (χ2v) is 15.6. The van der Waals surface area contributed by atoms with E-state index in [9.17, 15) is 33.0 Å². The molecule has 4 amide bonds. The SMILES string of the molecule is C=CCN1CC(=O)N2[C@@H](Cc3ccc(O)cc3)C(=O)N(Cc3cccc4c(C(=O)C=C(C)C)c[nH]c34)C[C@@H]2N1C(=O)NCc1ccccc1.Cc1ccc(S(=O)[O-])cc1. The van der Waals surface area contributed by atoms with Gasteiger partial charge in [-0.3, -0.25) is 18.6 Å². The summed E-state index contributed by atoms with van der Waals surface area (Å²) in [4.78, 5) is 62.1. The highest BCUT2D eigenvalue weighted by molar-refractivity contribution is 7.79. The number of ketones is 1. The number of hydrogen-bond acceptors (Lipinski definition) is 8. The predicted molar refractivity (Wildman–Crippen MR) is 224 cm³/mol. The highest BCUT2D eigenvalue weighted by atomic mass is 32.2. The molecule has 59 heavy (non-hydrogen) atoms. The molecule has 0 bridgehead atoms. The van der Waals surface area contributed by atoms with Gasteiger partial charge in [-0.1, -0.05) is 90.0 Å². The van der Waals surface area contributed by atoms with Crippen LogP contribution in [-0.4, -0.2) is 94.1 Å². The van der Waals surface area contributed by atoms with Crippen LogP contribution in [0.4, 0.5) is 4.79 Å². The predicted octanol–water partition coefficient (Wildman–Crippen LogP) is 5.99. The maximum atomic E-state index is 14.4. The summed E-state index contributed by atoms with van der Waals surface area (Å²) in [6.07, 6.45) is 4.30. The van der Waals surface area contributed by atoms with E-state index in [0.29, 0.717) is 10.5 Å². The lowest BCUT2D eigenvalue weighted by atomic mass is 9.98. The lowest BCUT2D eigenvalue weighted by Crippen LogP contribution is -2.76. The molecule has 0 aliphatic carbocycles. The van der Waals surface area contributed by atoms with Crippen LogP contribution in [-0.2, 0) is 40.2 Å². The number of aromatic hydroxyl groups is 1. The molecule has 306 valence electrons. The number of aromatic nitrogens is 1. The van der Waals surface area contributed by atoms with Crippen molar-refractivity contribution in [3.05, 3.63) is 155 Å². The Kier molecular flexibility index (Phi) is 13.6. The number of phenols is 1. The van der Waals surface area contributed by atoms with Crippen LogP contribution in [0.1, 0.15) is 46.5 Å². The van der Waals surface area contributed by atoms with E-state index in [1.54, 1.807) is 86.7 Å². The van der Waals surface area contributed by atoms with Crippen molar-refractivity contribution < 1.29 is 33.0 Å². The maximum Gasteiger partial charge on any atom is 0.334 e. The number of benzene rings is 4. The summed E-state index contributed by atoms with van der Waals surface area (Å²) < 4.78 is 20.6. The number of para-hydroxylation sites is 1. The Hall–Kier alpha value is -6.35. The van der Waals surface area contributed by atoms with Gasteiger partial charge in [0.15, 0.2) is 5.78 Å². The topological polar surface area (TPSA) is 169 Å². The third kappa shape index (κ3) is 10.0. The number of amides is 4. The molecule has 1 aromatic heterocycles. The van der Waals surface area contributed by atoms with Crippen LogP contribution in [0.5, 0.6) is 5.75 Å². The quantitative estimate of drug-likeness (QED) is 0.0632. The average Bonchev–Trinajstić information content (AvgIpc) is 3.66. The van der Waals surface area contributed by atoms with E-state index in [-0.39, 0.29) is 62.5 Å². The molecule has 2 aliphatic rings. The summed E-state index contributed by atoms with van der Waals surface area (Å²) >= 11 is -2.09. The molecule has 7 rings (SSSR count). The maximum absolute atomic E-state index is 14.4. The van der Waals surface area contributed by atoms with Gasteiger partial charge in [0.1, 0.15) is 18.0 Å². The van der Waals surface area contributed by atoms with E-state index in [1.165, 1.54) is 0 Å². The minimum atomic E-state index is -2.09. The van der Waals surface area contributed by atoms with Gasteiger partial charge in [0.25, 0.3) is 0 Å². The number of H-pyrrole nitrogens is 1. The van der Waals surface area contributed by atoms with Gasteiger partial charge in [-0.2, -0.15) is 0 Å². The number of nitrogens with zero attached hydrogens (tertiary/aromatic N) is 4. The van der Waals surface area contributed by atoms with Crippen molar-refractivity contribution in [2.45, 2.75) is 57.4 Å². The van der Waals surface area contributed by atoms with Crippen molar-refractivity contribution in [3.63, 3.8) is 0 Å². The number of urea groups is 1. The molecule has 3 atom stereocenters. The summed E-state index contributed by atoms with van der Waals surface area (Å²) in [5, 5.41) is 16.8. The highest BCUT2D eigenvalue weighted by Gasteiger charge is 2.51. The average molecular weight is 816 g/mol. The van der Waals surface area contributed by atoms with Crippen molar-refractivity contribution >= 4 is 45.6 Å². The molecule has 2 saturated heterocycles. The molecule has 13 nitrogen and oxygen atoms in total. The first kappa shape index (κ1) is 42.3. The van der Waals surface area contributed by atoms with E-state index in [1.807, 2.05) is 69.3 Å². The molecule has 3 N–H and O–H groups in total. The third-order valence-corrected chi connectivity index (χ3v) is 10.7. The molecule has 2 aliphatic heterocycles. The molecule has 0 spiro atoms. The summed E-state index contributed by atoms with van der Waals surface area (Å²) in [5.41, 5.74) is 5.71. The second-order valence-electron chi connectivity index (χ2n) is 14.7. The standard InChI is InChI=1S/C38H40N6O5.C7H8O2S/c1-4-17-42-24-35(47)43-32(19-26-13-15-29(45)16-14-26)37(48)41(23-34(43)44(42)38(49)40-20-27-9-6-5-7-10-27)22-28-11-8-12-30-31(21-39-36(28)30)33(46)18-25(2)3;1-6-2-4-7(5-3-6)10(8)9/h4-16,18,21,32,34,39,45H,1,17,19-20,22-24H2,2-3H3,(H,40,49);2-5H,1H3,(H,8,9)/p-1/t32-,34-;/m0./s1. The zero-order valence-electron chi connectivity index (χ0n) is 33.2.